The van der Waals surface area contributed by atoms with Crippen molar-refractivity contribution in [2.24, 2.45) is 0 Å². The summed E-state index contributed by atoms with van der Waals surface area (Å²) < 4.78 is 0. The zero-order valence-corrected chi connectivity index (χ0v) is 10.8. The van der Waals surface area contributed by atoms with Gasteiger partial charge in [-0.2, -0.15) is 5.56 Å². The molecule has 1 atom stereocenters. The number of benzene rings is 1. The molecular weight excluding hydrogens is 171 g/mol. The molecule has 0 radical (unpaired) electrons. The topological polar surface area (TPSA) is 0 Å². The Morgan fingerprint density at radius 2 is 2.08 bits per heavy atom. The van der Waals surface area contributed by atoms with Crippen molar-refractivity contribution < 1.29 is 51.4 Å². The van der Waals surface area contributed by atoms with E-state index in [0.29, 0.717) is 5.92 Å². The van der Waals surface area contributed by atoms with Gasteiger partial charge in [-0.1, -0.05) is 37.5 Å². The van der Waals surface area contributed by atoms with Crippen molar-refractivity contribution in [1.82, 2.24) is 0 Å². The summed E-state index contributed by atoms with van der Waals surface area (Å²) in [6.45, 7) is 2.20. The number of allylic oxidation sites excluding steroid dienone is 1. The van der Waals surface area contributed by atoms with Crippen molar-refractivity contribution in [1.29, 1.82) is 0 Å². The van der Waals surface area contributed by atoms with E-state index in [1.807, 2.05) is 0 Å². The predicted octanol–water partition coefficient (Wildman–Crippen LogP) is 0.0142. The molecular formula is C11H11K. The van der Waals surface area contributed by atoms with Crippen LogP contribution in [0.2, 0.25) is 0 Å². The Kier molecular flexibility index (Phi) is 4.21. The Balaban J connectivity index is 0.000000720. The number of rotatable bonds is 1. The second-order valence-electron chi connectivity index (χ2n) is 2.90. The molecule has 0 saturated heterocycles. The molecule has 1 aromatic carbocycles. The minimum absolute atomic E-state index is 0. The van der Waals surface area contributed by atoms with Gasteiger partial charge in [0.05, 0.1) is 0 Å². The van der Waals surface area contributed by atoms with E-state index >= 15 is 0 Å². The summed E-state index contributed by atoms with van der Waals surface area (Å²) >= 11 is 0. The molecule has 0 amide bonds. The van der Waals surface area contributed by atoms with Gasteiger partial charge in [-0.15, -0.1) is 11.6 Å². The molecule has 0 aliphatic heterocycles. The van der Waals surface area contributed by atoms with E-state index in [-0.39, 0.29) is 51.4 Å². The van der Waals surface area contributed by atoms with Crippen molar-refractivity contribution >= 4 is 6.08 Å². The van der Waals surface area contributed by atoms with Crippen LogP contribution in [0.5, 0.6) is 0 Å². The average Bonchev–Trinajstić information content (AvgIpc) is 2.47. The van der Waals surface area contributed by atoms with E-state index in [0.717, 1.165) is 6.42 Å². The number of hydrogen-bond acceptors (Lipinski definition) is 0. The molecule has 0 saturated carbocycles. The van der Waals surface area contributed by atoms with Crippen LogP contribution in [0.25, 0.3) is 6.08 Å². The molecule has 0 fully saturated rings. The van der Waals surface area contributed by atoms with E-state index in [1.165, 1.54) is 11.1 Å². The van der Waals surface area contributed by atoms with Crippen LogP contribution in [0.15, 0.2) is 24.3 Å². The van der Waals surface area contributed by atoms with E-state index in [1.54, 1.807) is 0 Å². The maximum atomic E-state index is 3.35. The Morgan fingerprint density at radius 3 is 2.83 bits per heavy atom. The molecule has 0 heterocycles. The molecule has 1 aromatic rings. The molecule has 12 heavy (non-hydrogen) atoms. The van der Waals surface area contributed by atoms with Crippen molar-refractivity contribution in [3.05, 3.63) is 41.5 Å². The Labute approximate surface area is 116 Å². The fraction of sp³-hybridized carbons (Fsp3) is 0.273. The summed E-state index contributed by atoms with van der Waals surface area (Å²) in [7, 11) is 0. The predicted molar refractivity (Wildman–Crippen MR) is 47.2 cm³/mol. The molecule has 1 unspecified atom stereocenters. The van der Waals surface area contributed by atoms with Crippen LogP contribution in [-0.4, -0.2) is 0 Å². The van der Waals surface area contributed by atoms with E-state index < -0.39 is 0 Å². The van der Waals surface area contributed by atoms with Crippen molar-refractivity contribution in [3.8, 4) is 0 Å². The van der Waals surface area contributed by atoms with Crippen LogP contribution in [0.1, 0.15) is 30.4 Å². The van der Waals surface area contributed by atoms with Gasteiger partial charge < -0.3 is 0 Å². The maximum Gasteiger partial charge on any atom is 1.00 e. The molecule has 1 heteroatoms. The number of hydrogen-bond donors (Lipinski definition) is 0. The van der Waals surface area contributed by atoms with Gasteiger partial charge in [-0.25, -0.2) is 6.08 Å². The standard InChI is InChI=1S/C11H11.K/c1-2-9-7-8-10-5-3-4-6-11(9)10;/h3-6,8-9H,2H2,1H3;/q-1;+1. The quantitative estimate of drug-likeness (QED) is 0.424. The van der Waals surface area contributed by atoms with Crippen LogP contribution < -0.4 is 51.4 Å². The van der Waals surface area contributed by atoms with Crippen LogP contribution in [0.3, 0.4) is 0 Å². The molecule has 1 aliphatic carbocycles. The SMILES string of the molecule is CCC1[C-]=Cc2ccccc21.[K+]. The van der Waals surface area contributed by atoms with E-state index in [4.69, 9.17) is 0 Å². The van der Waals surface area contributed by atoms with Gasteiger partial charge in [0.25, 0.3) is 0 Å². The zero-order chi connectivity index (χ0) is 7.68. The van der Waals surface area contributed by atoms with Crippen molar-refractivity contribution in [2.45, 2.75) is 19.3 Å². The fourth-order valence-corrected chi connectivity index (χ4v) is 1.58. The Morgan fingerprint density at radius 1 is 1.33 bits per heavy atom. The summed E-state index contributed by atoms with van der Waals surface area (Å²) in [6, 6.07) is 8.52. The van der Waals surface area contributed by atoms with Crippen molar-refractivity contribution in [3.63, 3.8) is 0 Å². The molecule has 0 spiro atoms. The van der Waals surface area contributed by atoms with Gasteiger partial charge in [0.2, 0.25) is 0 Å². The summed E-state index contributed by atoms with van der Waals surface area (Å²) in [6.07, 6.45) is 6.61. The molecule has 56 valence electrons. The summed E-state index contributed by atoms with van der Waals surface area (Å²) in [5.74, 6) is 0.547. The minimum Gasteiger partial charge on any atom is -0.268 e. The van der Waals surface area contributed by atoms with E-state index in [2.05, 4.69) is 43.3 Å². The first-order valence-corrected chi connectivity index (χ1v) is 4.10. The molecule has 2 rings (SSSR count). The first-order valence-electron chi connectivity index (χ1n) is 4.10. The summed E-state index contributed by atoms with van der Waals surface area (Å²) in [5, 5.41) is 0. The smallest absolute Gasteiger partial charge is 0.268 e. The van der Waals surface area contributed by atoms with Gasteiger partial charge >= 0.3 is 51.4 Å². The largest absolute Gasteiger partial charge is 1.00 e. The first-order chi connectivity index (χ1) is 5.42. The third-order valence-electron chi connectivity index (χ3n) is 2.22. The fourth-order valence-electron chi connectivity index (χ4n) is 1.58. The second-order valence-corrected chi connectivity index (χ2v) is 2.90. The maximum absolute atomic E-state index is 3.35. The minimum atomic E-state index is 0. The first kappa shape index (κ1) is 10.7. The molecule has 0 nitrogen and oxygen atoms in total. The zero-order valence-electron chi connectivity index (χ0n) is 7.67. The van der Waals surface area contributed by atoms with Gasteiger partial charge in [0.1, 0.15) is 0 Å². The second kappa shape index (κ2) is 4.73. The molecule has 0 bridgehead atoms. The third kappa shape index (κ3) is 1.91. The number of fused-ring (bicyclic) bond motifs is 1. The molecule has 0 N–H and O–H groups in total. The summed E-state index contributed by atoms with van der Waals surface area (Å²) in [4.78, 5) is 0. The van der Waals surface area contributed by atoms with Crippen LogP contribution in [0.4, 0.5) is 0 Å². The molecule has 1 aliphatic rings. The third-order valence-corrected chi connectivity index (χ3v) is 2.22. The molecule has 0 aromatic heterocycles. The van der Waals surface area contributed by atoms with Crippen LogP contribution >= 0.6 is 0 Å². The van der Waals surface area contributed by atoms with Crippen molar-refractivity contribution in [2.75, 3.05) is 0 Å². The van der Waals surface area contributed by atoms with Gasteiger partial charge in [0.15, 0.2) is 0 Å². The average molecular weight is 182 g/mol. The Bertz CT molecular complexity index is 289. The van der Waals surface area contributed by atoms with E-state index in [9.17, 15) is 0 Å². The monoisotopic (exact) mass is 182 g/mol. The van der Waals surface area contributed by atoms with Gasteiger partial charge in [-0.3, -0.25) is 6.08 Å². The van der Waals surface area contributed by atoms with Crippen LogP contribution in [-0.2, 0) is 0 Å². The van der Waals surface area contributed by atoms with Gasteiger partial charge in [0, 0.05) is 0 Å². The summed E-state index contributed by atoms with van der Waals surface area (Å²) in [5.41, 5.74) is 2.79. The normalized spacial score (nSPS) is 18.6. The van der Waals surface area contributed by atoms with Gasteiger partial charge in [-0.05, 0) is 0 Å². The van der Waals surface area contributed by atoms with Crippen LogP contribution in [0, 0.1) is 6.08 Å². The Hall–Kier alpha value is 0.596.